The highest BCUT2D eigenvalue weighted by Gasteiger charge is 2.15. The van der Waals surface area contributed by atoms with E-state index in [0.29, 0.717) is 22.7 Å². The van der Waals surface area contributed by atoms with Crippen LogP contribution in [0, 0.1) is 11.3 Å². The Labute approximate surface area is 199 Å². The van der Waals surface area contributed by atoms with Gasteiger partial charge in [0.25, 0.3) is 5.91 Å². The van der Waals surface area contributed by atoms with Gasteiger partial charge >= 0.3 is 0 Å². The van der Waals surface area contributed by atoms with Gasteiger partial charge in [-0.1, -0.05) is 46.3 Å². The van der Waals surface area contributed by atoms with Crippen LogP contribution in [0.4, 0.5) is 5.69 Å². The normalized spacial score (nSPS) is 11.0. The van der Waals surface area contributed by atoms with E-state index < -0.39 is 5.91 Å². The molecule has 1 heterocycles. The average Bonchev–Trinajstić information content (AvgIpc) is 3.28. The van der Waals surface area contributed by atoms with Crippen molar-refractivity contribution < 1.29 is 9.53 Å². The predicted molar refractivity (Wildman–Crippen MR) is 132 cm³/mol. The topological polar surface area (TPSA) is 79.9 Å². The molecule has 0 atom stereocenters. The molecular weight excluding hydrogens is 480 g/mol. The number of nitrogens with one attached hydrogen (secondary N) is 1. The van der Waals surface area contributed by atoms with Gasteiger partial charge in [-0.3, -0.25) is 4.79 Å². The molecule has 1 N–H and O–H groups in total. The fourth-order valence-electron chi connectivity index (χ4n) is 3.21. The number of ether oxygens (including phenoxy) is 1. The summed E-state index contributed by atoms with van der Waals surface area (Å²) in [6.45, 7) is 0. The van der Waals surface area contributed by atoms with Gasteiger partial charge in [-0.05, 0) is 54.6 Å². The fourth-order valence-corrected chi connectivity index (χ4v) is 3.48. The molecule has 0 bridgehead atoms. The molecule has 0 saturated carbocycles. The molecule has 1 amide bonds. The van der Waals surface area contributed by atoms with Crippen molar-refractivity contribution >= 4 is 33.6 Å². The summed E-state index contributed by atoms with van der Waals surface area (Å²) in [5.41, 5.74) is 3.59. The number of anilines is 1. The summed E-state index contributed by atoms with van der Waals surface area (Å²) in [5.74, 6) is 0.174. The number of hydrogen-bond acceptors (Lipinski definition) is 4. The summed E-state index contributed by atoms with van der Waals surface area (Å²) in [4.78, 5) is 12.8. The van der Waals surface area contributed by atoms with Gasteiger partial charge in [0.05, 0.1) is 18.5 Å². The number of para-hydroxylation sites is 1. The molecule has 4 rings (SSSR count). The second-order valence-corrected chi connectivity index (χ2v) is 7.99. The van der Waals surface area contributed by atoms with Crippen LogP contribution in [-0.4, -0.2) is 22.8 Å². The van der Waals surface area contributed by atoms with Crippen LogP contribution in [0.1, 0.15) is 5.56 Å². The van der Waals surface area contributed by atoms with Gasteiger partial charge in [0.15, 0.2) is 0 Å². The summed E-state index contributed by atoms with van der Waals surface area (Å²) >= 11 is 3.45. The summed E-state index contributed by atoms with van der Waals surface area (Å²) in [6, 6.07) is 26.3. The van der Waals surface area contributed by atoms with Crippen LogP contribution in [0.2, 0.25) is 0 Å². The summed E-state index contributed by atoms with van der Waals surface area (Å²) in [7, 11) is 1.57. The van der Waals surface area contributed by atoms with Crippen LogP contribution in [0.25, 0.3) is 23.0 Å². The van der Waals surface area contributed by atoms with E-state index >= 15 is 0 Å². The minimum absolute atomic E-state index is 0.0307. The minimum atomic E-state index is -0.503. The number of nitrogens with zero attached hydrogens (tertiary/aromatic N) is 3. The third kappa shape index (κ3) is 5.20. The minimum Gasteiger partial charge on any atom is -0.497 e. The maximum absolute atomic E-state index is 12.8. The lowest BCUT2D eigenvalue weighted by molar-refractivity contribution is -0.112. The van der Waals surface area contributed by atoms with Crippen molar-refractivity contribution in [2.24, 2.45) is 0 Å². The predicted octanol–water partition coefficient (Wildman–Crippen LogP) is 5.86. The number of carbonyl (C=O) groups is 1. The largest absolute Gasteiger partial charge is 0.497 e. The van der Waals surface area contributed by atoms with E-state index in [2.05, 4.69) is 21.2 Å². The van der Waals surface area contributed by atoms with E-state index in [-0.39, 0.29) is 5.57 Å². The van der Waals surface area contributed by atoms with Gasteiger partial charge in [-0.25, -0.2) is 4.68 Å². The number of benzene rings is 3. The quantitative estimate of drug-likeness (QED) is 0.266. The Kier molecular flexibility index (Phi) is 6.67. The van der Waals surface area contributed by atoms with E-state index in [4.69, 9.17) is 9.84 Å². The van der Waals surface area contributed by atoms with Crippen LogP contribution in [0.15, 0.2) is 95.1 Å². The van der Waals surface area contributed by atoms with Crippen molar-refractivity contribution in [3.05, 3.63) is 101 Å². The Morgan fingerprint density at radius 1 is 1.06 bits per heavy atom. The molecule has 1 aromatic heterocycles. The molecule has 0 fully saturated rings. The number of rotatable bonds is 6. The van der Waals surface area contributed by atoms with E-state index in [1.165, 1.54) is 0 Å². The SMILES string of the molecule is COc1ccc(NC(=O)/C(C#N)=C/c2cn(-c3ccccc3)nc2-c2ccc(Br)cc2)cc1. The Hall–Kier alpha value is -4.15. The number of halogens is 1. The highest BCUT2D eigenvalue weighted by atomic mass is 79.9. The first-order chi connectivity index (χ1) is 16.1. The first kappa shape index (κ1) is 22.1. The van der Waals surface area contributed by atoms with Crippen LogP contribution < -0.4 is 10.1 Å². The lowest BCUT2D eigenvalue weighted by atomic mass is 10.1. The van der Waals surface area contributed by atoms with Crippen molar-refractivity contribution in [2.45, 2.75) is 0 Å². The third-order valence-corrected chi connectivity index (χ3v) is 5.42. The van der Waals surface area contributed by atoms with E-state index in [1.807, 2.05) is 66.9 Å². The number of amides is 1. The number of methoxy groups -OCH3 is 1. The van der Waals surface area contributed by atoms with E-state index in [9.17, 15) is 10.1 Å². The van der Waals surface area contributed by atoms with Gasteiger partial charge in [-0.2, -0.15) is 10.4 Å². The highest BCUT2D eigenvalue weighted by molar-refractivity contribution is 9.10. The van der Waals surface area contributed by atoms with E-state index in [1.54, 1.807) is 42.1 Å². The molecular formula is C26H19BrN4O2. The Bertz CT molecular complexity index is 1340. The molecule has 3 aromatic carbocycles. The molecule has 6 nitrogen and oxygen atoms in total. The summed E-state index contributed by atoms with van der Waals surface area (Å²) in [5, 5.41) is 17.2. The van der Waals surface area contributed by atoms with E-state index in [0.717, 1.165) is 15.7 Å². The second kappa shape index (κ2) is 9.98. The van der Waals surface area contributed by atoms with Crippen LogP contribution in [-0.2, 0) is 4.79 Å². The lowest BCUT2D eigenvalue weighted by Gasteiger charge is -2.05. The Morgan fingerprint density at radius 2 is 1.76 bits per heavy atom. The fraction of sp³-hybridized carbons (Fsp3) is 0.0385. The maximum atomic E-state index is 12.8. The molecule has 33 heavy (non-hydrogen) atoms. The lowest BCUT2D eigenvalue weighted by Crippen LogP contribution is -2.13. The highest BCUT2D eigenvalue weighted by Crippen LogP contribution is 2.27. The molecule has 0 saturated heterocycles. The third-order valence-electron chi connectivity index (χ3n) is 4.89. The van der Waals surface area contributed by atoms with Crippen molar-refractivity contribution in [3.8, 4) is 28.8 Å². The summed E-state index contributed by atoms with van der Waals surface area (Å²) in [6.07, 6.45) is 3.37. The van der Waals surface area contributed by atoms with Crippen molar-refractivity contribution in [3.63, 3.8) is 0 Å². The number of carbonyl (C=O) groups excluding carboxylic acids is 1. The first-order valence-electron chi connectivity index (χ1n) is 10.1. The average molecular weight is 499 g/mol. The molecule has 0 radical (unpaired) electrons. The molecule has 0 unspecified atom stereocenters. The zero-order chi connectivity index (χ0) is 23.2. The number of nitriles is 1. The van der Waals surface area contributed by atoms with Crippen molar-refractivity contribution in [2.75, 3.05) is 12.4 Å². The number of hydrogen-bond donors (Lipinski definition) is 1. The Morgan fingerprint density at radius 3 is 2.39 bits per heavy atom. The zero-order valence-corrected chi connectivity index (χ0v) is 19.3. The number of aromatic nitrogens is 2. The first-order valence-corrected chi connectivity index (χ1v) is 10.8. The molecule has 4 aromatic rings. The van der Waals surface area contributed by atoms with Crippen molar-refractivity contribution in [1.29, 1.82) is 5.26 Å². The summed E-state index contributed by atoms with van der Waals surface area (Å²) < 4.78 is 7.82. The van der Waals surface area contributed by atoms with Crippen molar-refractivity contribution in [1.82, 2.24) is 9.78 Å². The smallest absolute Gasteiger partial charge is 0.266 e. The van der Waals surface area contributed by atoms with Crippen LogP contribution >= 0.6 is 15.9 Å². The van der Waals surface area contributed by atoms with Gasteiger partial charge in [0.2, 0.25) is 0 Å². The molecule has 0 aliphatic carbocycles. The van der Waals surface area contributed by atoms with Crippen LogP contribution in [0.3, 0.4) is 0 Å². The molecule has 0 aliphatic rings. The maximum Gasteiger partial charge on any atom is 0.266 e. The van der Waals surface area contributed by atoms with Gasteiger partial charge in [-0.15, -0.1) is 0 Å². The van der Waals surface area contributed by atoms with Crippen LogP contribution in [0.5, 0.6) is 5.75 Å². The standard InChI is InChI=1S/C26H19BrN4O2/c1-33-24-13-11-22(12-14-24)29-26(32)19(16-28)15-20-17-31(23-5-3-2-4-6-23)30-25(20)18-7-9-21(27)10-8-18/h2-15,17H,1H3,(H,29,32)/b19-15+. The van der Waals surface area contributed by atoms with Gasteiger partial charge in [0, 0.05) is 27.5 Å². The Balaban J connectivity index is 1.71. The van der Waals surface area contributed by atoms with Gasteiger partial charge in [0.1, 0.15) is 17.4 Å². The molecule has 0 aliphatic heterocycles. The van der Waals surface area contributed by atoms with Gasteiger partial charge < -0.3 is 10.1 Å². The molecule has 0 spiro atoms. The zero-order valence-electron chi connectivity index (χ0n) is 17.7. The second-order valence-electron chi connectivity index (χ2n) is 7.07. The molecule has 162 valence electrons. The molecule has 7 heteroatoms. The monoisotopic (exact) mass is 498 g/mol.